The third-order valence-corrected chi connectivity index (χ3v) is 4.92. The fourth-order valence-electron chi connectivity index (χ4n) is 3.57. The van der Waals surface area contributed by atoms with Crippen molar-refractivity contribution < 1.29 is 42.7 Å². The summed E-state index contributed by atoms with van der Waals surface area (Å²) in [5.41, 5.74) is 7.55. The van der Waals surface area contributed by atoms with Gasteiger partial charge in [-0.3, -0.25) is 0 Å². The highest BCUT2D eigenvalue weighted by Gasteiger charge is 2.52. The van der Waals surface area contributed by atoms with Crippen LogP contribution in [0, 0.1) is 0 Å². The van der Waals surface area contributed by atoms with Gasteiger partial charge < -0.3 is 43.2 Å². The zero-order valence-electron chi connectivity index (χ0n) is 21.4. The molecule has 13 heteroatoms. The Bertz CT molecular complexity index is 682. The molecule has 0 spiro atoms. The molecule has 2 heterocycles. The first kappa shape index (κ1) is 29.5. The lowest BCUT2D eigenvalue weighted by molar-refractivity contribution is -0.160. The number of carbonyl (C=O) groups excluding carboxylic acids is 1. The van der Waals surface area contributed by atoms with Crippen molar-refractivity contribution in [3.8, 4) is 0 Å². The van der Waals surface area contributed by atoms with Gasteiger partial charge in [0.05, 0.1) is 65.5 Å². The van der Waals surface area contributed by atoms with Gasteiger partial charge in [-0.05, 0) is 40.1 Å². The molecular formula is C22H40N4O9. The van der Waals surface area contributed by atoms with E-state index in [1.165, 1.54) is 0 Å². The van der Waals surface area contributed by atoms with E-state index in [-0.39, 0.29) is 24.9 Å². The Hall–Kier alpha value is -1.70. The molecule has 2 aliphatic rings. The Morgan fingerprint density at radius 1 is 1.00 bits per heavy atom. The molecule has 202 valence electrons. The largest absolute Gasteiger partial charge is 0.444 e. The molecular weight excluding hydrogens is 464 g/mol. The van der Waals surface area contributed by atoms with Crippen LogP contribution in [-0.4, -0.2) is 108 Å². The Balaban J connectivity index is 1.59. The average Bonchev–Trinajstić information content (AvgIpc) is 3.09. The highest BCUT2D eigenvalue weighted by molar-refractivity contribution is 5.68. The Morgan fingerprint density at radius 2 is 1.57 bits per heavy atom. The number of nitrogens with one attached hydrogen (secondary N) is 1. The number of hydrogen-bond acceptors (Lipinski definition) is 10. The van der Waals surface area contributed by atoms with E-state index in [1.807, 2.05) is 34.6 Å². The van der Waals surface area contributed by atoms with Crippen molar-refractivity contribution in [3.05, 3.63) is 10.4 Å². The van der Waals surface area contributed by atoms with E-state index >= 15 is 0 Å². The van der Waals surface area contributed by atoms with Gasteiger partial charge in [0, 0.05) is 11.5 Å². The van der Waals surface area contributed by atoms with Gasteiger partial charge in [0.1, 0.15) is 23.9 Å². The number of nitrogens with zero attached hydrogens (tertiary/aromatic N) is 3. The summed E-state index contributed by atoms with van der Waals surface area (Å²) in [6, 6.07) is -0.396. The second kappa shape index (κ2) is 14.8. The molecule has 0 bridgehead atoms. The minimum atomic E-state index is -0.798. The number of alkyl carbamates (subject to hydrolysis) is 1. The highest BCUT2D eigenvalue weighted by Crippen LogP contribution is 2.35. The van der Waals surface area contributed by atoms with E-state index in [0.717, 1.165) is 0 Å². The molecule has 2 saturated heterocycles. The normalized spacial score (nSPS) is 25.5. The summed E-state index contributed by atoms with van der Waals surface area (Å²) in [6.45, 7) is 12.9. The smallest absolute Gasteiger partial charge is 0.408 e. The number of carbonyl (C=O) groups is 1. The average molecular weight is 505 g/mol. The standard InChI is InChI=1S/C22H40N4O9/c1-21(2,3)35-20(27)25-16-14-32-17(19-18(16)33-22(4,5)34-19)15-31-13-12-30-11-10-29-9-8-28-7-6-24-26-23/h16-19H,6-15H2,1-5H3,(H,25,27)/t16-,17+,18+,19-/m0/s1. The van der Waals surface area contributed by atoms with E-state index in [9.17, 15) is 4.79 Å². The lowest BCUT2D eigenvalue weighted by Crippen LogP contribution is -2.59. The van der Waals surface area contributed by atoms with Crippen molar-refractivity contribution in [2.75, 3.05) is 66.0 Å². The first-order chi connectivity index (χ1) is 16.6. The summed E-state index contributed by atoms with van der Waals surface area (Å²) in [4.78, 5) is 14.9. The summed E-state index contributed by atoms with van der Waals surface area (Å²) in [6.07, 6.45) is -1.62. The van der Waals surface area contributed by atoms with Gasteiger partial charge in [0.25, 0.3) is 0 Å². The fourth-order valence-corrected chi connectivity index (χ4v) is 3.57. The van der Waals surface area contributed by atoms with Crippen molar-refractivity contribution in [1.82, 2.24) is 5.32 Å². The van der Waals surface area contributed by atoms with Crippen LogP contribution in [0.4, 0.5) is 4.79 Å². The lowest BCUT2D eigenvalue weighted by Gasteiger charge is -2.37. The van der Waals surface area contributed by atoms with E-state index in [0.29, 0.717) is 59.4 Å². The van der Waals surface area contributed by atoms with Crippen LogP contribution in [0.15, 0.2) is 5.11 Å². The van der Waals surface area contributed by atoms with Gasteiger partial charge in [0.15, 0.2) is 5.79 Å². The topological polar surface area (TPSA) is 152 Å². The summed E-state index contributed by atoms with van der Waals surface area (Å²) >= 11 is 0. The lowest BCUT2D eigenvalue weighted by atomic mass is 9.98. The predicted octanol–water partition coefficient (Wildman–Crippen LogP) is 2.18. The first-order valence-electron chi connectivity index (χ1n) is 11.9. The van der Waals surface area contributed by atoms with E-state index in [2.05, 4.69) is 15.3 Å². The molecule has 2 aliphatic heterocycles. The molecule has 1 N–H and O–H groups in total. The van der Waals surface area contributed by atoms with Gasteiger partial charge in [-0.2, -0.15) is 0 Å². The van der Waals surface area contributed by atoms with Crippen LogP contribution >= 0.6 is 0 Å². The summed E-state index contributed by atoms with van der Waals surface area (Å²) in [7, 11) is 0. The Labute approximate surface area is 206 Å². The molecule has 0 aromatic rings. The molecule has 0 aromatic heterocycles. The number of hydrogen-bond donors (Lipinski definition) is 1. The third kappa shape index (κ3) is 11.7. The van der Waals surface area contributed by atoms with E-state index in [1.54, 1.807) is 0 Å². The van der Waals surface area contributed by atoms with Gasteiger partial charge in [-0.15, -0.1) is 0 Å². The molecule has 0 aliphatic carbocycles. The number of rotatable bonds is 15. The monoisotopic (exact) mass is 504 g/mol. The molecule has 0 unspecified atom stereocenters. The summed E-state index contributed by atoms with van der Waals surface area (Å²) < 4.78 is 45.3. The van der Waals surface area contributed by atoms with E-state index in [4.69, 9.17) is 43.4 Å². The quantitative estimate of drug-likeness (QED) is 0.153. The van der Waals surface area contributed by atoms with Gasteiger partial charge >= 0.3 is 6.09 Å². The maximum absolute atomic E-state index is 12.2. The van der Waals surface area contributed by atoms with Crippen molar-refractivity contribution in [3.63, 3.8) is 0 Å². The molecule has 4 atom stereocenters. The second-order valence-electron chi connectivity index (χ2n) is 9.56. The second-order valence-corrected chi connectivity index (χ2v) is 9.56. The van der Waals surface area contributed by atoms with Crippen LogP contribution in [0.2, 0.25) is 0 Å². The molecule has 2 rings (SSSR count). The minimum absolute atomic E-state index is 0.261. The van der Waals surface area contributed by atoms with Gasteiger partial charge in [-0.25, -0.2) is 4.79 Å². The number of ether oxygens (including phenoxy) is 8. The van der Waals surface area contributed by atoms with Crippen LogP contribution in [0.1, 0.15) is 34.6 Å². The Morgan fingerprint density at radius 3 is 2.17 bits per heavy atom. The van der Waals surface area contributed by atoms with Crippen LogP contribution in [-0.2, 0) is 37.9 Å². The molecule has 0 saturated carbocycles. The zero-order valence-corrected chi connectivity index (χ0v) is 21.4. The highest BCUT2D eigenvalue weighted by atomic mass is 16.8. The first-order valence-corrected chi connectivity index (χ1v) is 11.9. The summed E-state index contributed by atoms with van der Waals surface area (Å²) in [5.74, 6) is -0.798. The van der Waals surface area contributed by atoms with Crippen molar-refractivity contribution in [2.45, 2.75) is 70.4 Å². The molecule has 0 aromatic carbocycles. The molecule has 2 fully saturated rings. The number of amides is 1. The minimum Gasteiger partial charge on any atom is -0.444 e. The third-order valence-electron chi connectivity index (χ3n) is 4.92. The van der Waals surface area contributed by atoms with Crippen LogP contribution in [0.5, 0.6) is 0 Å². The molecule has 35 heavy (non-hydrogen) atoms. The van der Waals surface area contributed by atoms with Crippen LogP contribution < -0.4 is 5.32 Å². The van der Waals surface area contributed by atoms with Gasteiger partial charge in [-0.1, -0.05) is 5.11 Å². The maximum atomic E-state index is 12.2. The van der Waals surface area contributed by atoms with Crippen LogP contribution in [0.25, 0.3) is 10.4 Å². The summed E-state index contributed by atoms with van der Waals surface area (Å²) in [5, 5.41) is 6.21. The van der Waals surface area contributed by atoms with Crippen molar-refractivity contribution in [2.24, 2.45) is 5.11 Å². The van der Waals surface area contributed by atoms with Gasteiger partial charge in [0.2, 0.25) is 0 Å². The van der Waals surface area contributed by atoms with E-state index < -0.39 is 23.5 Å². The Kier molecular flexibility index (Phi) is 12.5. The fraction of sp³-hybridized carbons (Fsp3) is 0.955. The SMILES string of the molecule is CC(C)(C)OC(=O)N[C@H]1CO[C@H](COCCOCCOCCOCCN=[N+]=[N-])[C@@H]2OC(C)(C)O[C@@H]21. The number of azide groups is 1. The molecule has 13 nitrogen and oxygen atoms in total. The van der Waals surface area contributed by atoms with Crippen molar-refractivity contribution >= 4 is 6.09 Å². The molecule has 1 amide bonds. The van der Waals surface area contributed by atoms with Crippen molar-refractivity contribution in [1.29, 1.82) is 0 Å². The predicted molar refractivity (Wildman–Crippen MR) is 124 cm³/mol. The number of fused-ring (bicyclic) bond motifs is 1. The molecule has 0 radical (unpaired) electrons. The zero-order chi connectivity index (χ0) is 25.7. The maximum Gasteiger partial charge on any atom is 0.408 e. The van der Waals surface area contributed by atoms with Crippen LogP contribution in [0.3, 0.4) is 0 Å².